The minimum absolute atomic E-state index is 0.160. The highest BCUT2D eigenvalue weighted by molar-refractivity contribution is 7.13. The van der Waals surface area contributed by atoms with Gasteiger partial charge in [-0.25, -0.2) is 4.98 Å². The average Bonchev–Trinajstić information content (AvgIpc) is 2.77. The number of hydrogen-bond donors (Lipinski definition) is 2. The van der Waals surface area contributed by atoms with Gasteiger partial charge < -0.3 is 9.84 Å². The van der Waals surface area contributed by atoms with Crippen molar-refractivity contribution in [2.45, 2.75) is 6.92 Å². The summed E-state index contributed by atoms with van der Waals surface area (Å²) in [6.07, 6.45) is 1.62. The number of thiazole rings is 1. The highest BCUT2D eigenvalue weighted by Gasteiger charge is 2.01. The molecule has 0 atom stereocenters. The van der Waals surface area contributed by atoms with Gasteiger partial charge in [0.05, 0.1) is 19.0 Å². The summed E-state index contributed by atoms with van der Waals surface area (Å²) in [5, 5.41) is 16.1. The summed E-state index contributed by atoms with van der Waals surface area (Å²) < 4.78 is 5.14. The van der Waals surface area contributed by atoms with Crippen molar-refractivity contribution in [3.63, 3.8) is 0 Å². The zero-order valence-corrected chi connectivity index (χ0v) is 10.9. The van der Waals surface area contributed by atoms with Crippen LogP contribution < -0.4 is 10.2 Å². The van der Waals surface area contributed by atoms with E-state index in [1.807, 2.05) is 12.3 Å². The van der Waals surface area contributed by atoms with Gasteiger partial charge in [0, 0.05) is 17.0 Å². The summed E-state index contributed by atoms with van der Waals surface area (Å²) in [5.74, 6) is 0.725. The first-order valence-electron chi connectivity index (χ1n) is 5.27. The van der Waals surface area contributed by atoms with Gasteiger partial charge in [0.15, 0.2) is 0 Å². The molecule has 94 valence electrons. The third-order valence-corrected chi connectivity index (χ3v) is 3.06. The standard InChI is InChI=1S/C12H13N3O2S/c1-8-7-18-12(14-8)15-13-6-9-3-4-10(16)5-11(9)17-2/h3-7,16H,1-2H3,(H,14,15). The van der Waals surface area contributed by atoms with Crippen molar-refractivity contribution in [2.75, 3.05) is 12.5 Å². The van der Waals surface area contributed by atoms with Crippen LogP contribution in [0.1, 0.15) is 11.3 Å². The van der Waals surface area contributed by atoms with Gasteiger partial charge in [-0.1, -0.05) is 0 Å². The van der Waals surface area contributed by atoms with E-state index < -0.39 is 0 Å². The van der Waals surface area contributed by atoms with Crippen LogP contribution in [0.4, 0.5) is 5.13 Å². The van der Waals surface area contributed by atoms with Crippen LogP contribution in [-0.4, -0.2) is 23.4 Å². The number of aryl methyl sites for hydroxylation is 1. The summed E-state index contributed by atoms with van der Waals surface area (Å²) in [6.45, 7) is 1.92. The van der Waals surface area contributed by atoms with E-state index in [2.05, 4.69) is 15.5 Å². The molecule has 2 N–H and O–H groups in total. The van der Waals surface area contributed by atoms with Gasteiger partial charge in [-0.2, -0.15) is 5.10 Å². The lowest BCUT2D eigenvalue weighted by atomic mass is 10.2. The number of phenolic OH excluding ortho intramolecular Hbond substituents is 1. The van der Waals surface area contributed by atoms with E-state index in [9.17, 15) is 5.11 Å². The van der Waals surface area contributed by atoms with Crippen LogP contribution in [0.15, 0.2) is 28.7 Å². The number of phenols is 1. The number of hydrogen-bond acceptors (Lipinski definition) is 6. The monoisotopic (exact) mass is 263 g/mol. The maximum absolute atomic E-state index is 9.33. The number of methoxy groups -OCH3 is 1. The van der Waals surface area contributed by atoms with Crippen molar-refractivity contribution < 1.29 is 9.84 Å². The summed E-state index contributed by atoms with van der Waals surface area (Å²) >= 11 is 1.49. The number of aromatic nitrogens is 1. The van der Waals surface area contributed by atoms with Crippen molar-refractivity contribution in [1.29, 1.82) is 0 Å². The Balaban J connectivity index is 2.09. The summed E-state index contributed by atoms with van der Waals surface area (Å²) in [6, 6.07) is 4.85. The number of hydrazone groups is 1. The van der Waals surface area contributed by atoms with Gasteiger partial charge in [-0.15, -0.1) is 11.3 Å². The Hall–Kier alpha value is -2.08. The van der Waals surface area contributed by atoms with Crippen LogP contribution in [0, 0.1) is 6.92 Å². The molecule has 0 bridgehead atoms. The van der Waals surface area contributed by atoms with Crippen LogP contribution in [-0.2, 0) is 0 Å². The van der Waals surface area contributed by atoms with Gasteiger partial charge in [0.2, 0.25) is 5.13 Å². The van der Waals surface area contributed by atoms with Gasteiger partial charge in [0.25, 0.3) is 0 Å². The van der Waals surface area contributed by atoms with Gasteiger partial charge >= 0.3 is 0 Å². The van der Waals surface area contributed by atoms with E-state index in [1.165, 1.54) is 17.4 Å². The van der Waals surface area contributed by atoms with E-state index in [-0.39, 0.29) is 5.75 Å². The molecule has 0 fully saturated rings. The minimum Gasteiger partial charge on any atom is -0.508 e. The summed E-state index contributed by atoms with van der Waals surface area (Å²) in [4.78, 5) is 4.22. The number of aromatic hydroxyl groups is 1. The number of ether oxygens (including phenoxy) is 1. The van der Waals surface area contributed by atoms with Crippen LogP contribution in [0.5, 0.6) is 11.5 Å². The normalized spacial score (nSPS) is 10.8. The number of nitrogens with zero attached hydrogens (tertiary/aromatic N) is 2. The highest BCUT2D eigenvalue weighted by Crippen LogP contribution is 2.22. The van der Waals surface area contributed by atoms with Crippen molar-refractivity contribution in [3.05, 3.63) is 34.8 Å². The Morgan fingerprint density at radius 3 is 3.00 bits per heavy atom. The lowest BCUT2D eigenvalue weighted by molar-refractivity contribution is 0.407. The summed E-state index contributed by atoms with van der Waals surface area (Å²) in [7, 11) is 1.55. The van der Waals surface area contributed by atoms with Crippen LogP contribution in [0.25, 0.3) is 0 Å². The van der Waals surface area contributed by atoms with Crippen LogP contribution >= 0.6 is 11.3 Å². The molecule has 6 heteroatoms. The maximum atomic E-state index is 9.33. The minimum atomic E-state index is 0.160. The Bertz CT molecular complexity index is 566. The number of benzene rings is 1. The van der Waals surface area contributed by atoms with Gasteiger partial charge in [-0.3, -0.25) is 5.43 Å². The highest BCUT2D eigenvalue weighted by atomic mass is 32.1. The van der Waals surface area contributed by atoms with Crippen molar-refractivity contribution >= 4 is 22.7 Å². The third kappa shape index (κ3) is 2.98. The van der Waals surface area contributed by atoms with Gasteiger partial charge in [-0.05, 0) is 19.1 Å². The molecule has 1 aromatic carbocycles. The van der Waals surface area contributed by atoms with E-state index in [0.29, 0.717) is 5.75 Å². The molecule has 5 nitrogen and oxygen atoms in total. The Morgan fingerprint density at radius 1 is 1.50 bits per heavy atom. The molecule has 0 saturated carbocycles. The molecule has 18 heavy (non-hydrogen) atoms. The number of anilines is 1. The lowest BCUT2D eigenvalue weighted by Crippen LogP contribution is -1.93. The third-order valence-electron chi connectivity index (χ3n) is 2.20. The quantitative estimate of drug-likeness (QED) is 0.657. The molecule has 1 aromatic heterocycles. The molecule has 2 aromatic rings. The van der Waals surface area contributed by atoms with E-state index in [1.54, 1.807) is 25.5 Å². The zero-order chi connectivity index (χ0) is 13.0. The largest absolute Gasteiger partial charge is 0.508 e. The van der Waals surface area contributed by atoms with E-state index in [4.69, 9.17) is 4.74 Å². The fraction of sp³-hybridized carbons (Fsp3) is 0.167. The predicted octanol–water partition coefficient (Wildman–Crippen LogP) is 2.61. The van der Waals surface area contributed by atoms with Crippen molar-refractivity contribution in [1.82, 2.24) is 4.98 Å². The molecule has 0 amide bonds. The molecule has 0 aliphatic rings. The Morgan fingerprint density at radius 2 is 2.33 bits per heavy atom. The SMILES string of the molecule is COc1cc(O)ccc1C=NNc1nc(C)cs1. The average molecular weight is 263 g/mol. The first kappa shape index (κ1) is 12.4. The van der Waals surface area contributed by atoms with Crippen molar-refractivity contribution in [3.8, 4) is 11.5 Å². The van der Waals surface area contributed by atoms with Crippen LogP contribution in [0.2, 0.25) is 0 Å². The lowest BCUT2D eigenvalue weighted by Gasteiger charge is -2.04. The Kier molecular flexibility index (Phi) is 3.78. The molecule has 0 aliphatic carbocycles. The topological polar surface area (TPSA) is 66.7 Å². The molecule has 2 rings (SSSR count). The van der Waals surface area contributed by atoms with Crippen molar-refractivity contribution in [2.24, 2.45) is 5.10 Å². The molecular weight excluding hydrogens is 250 g/mol. The van der Waals surface area contributed by atoms with E-state index >= 15 is 0 Å². The first-order valence-corrected chi connectivity index (χ1v) is 6.15. The molecule has 1 heterocycles. The van der Waals surface area contributed by atoms with Gasteiger partial charge in [0.1, 0.15) is 11.5 Å². The Labute approximate surface area is 109 Å². The molecule has 0 saturated heterocycles. The molecule has 0 aliphatic heterocycles. The molecule has 0 spiro atoms. The second kappa shape index (κ2) is 5.50. The number of rotatable bonds is 4. The molecular formula is C12H13N3O2S. The predicted molar refractivity (Wildman–Crippen MR) is 72.7 cm³/mol. The fourth-order valence-electron chi connectivity index (χ4n) is 1.37. The second-order valence-electron chi connectivity index (χ2n) is 3.59. The van der Waals surface area contributed by atoms with E-state index in [0.717, 1.165) is 16.4 Å². The number of nitrogens with one attached hydrogen (secondary N) is 1. The molecule has 0 radical (unpaired) electrons. The molecule has 0 unspecified atom stereocenters. The second-order valence-corrected chi connectivity index (χ2v) is 4.45. The summed E-state index contributed by atoms with van der Waals surface area (Å²) in [5.41, 5.74) is 4.57. The first-order chi connectivity index (χ1) is 8.69. The maximum Gasteiger partial charge on any atom is 0.203 e. The van der Waals surface area contributed by atoms with Crippen LogP contribution in [0.3, 0.4) is 0 Å². The smallest absolute Gasteiger partial charge is 0.203 e. The zero-order valence-electron chi connectivity index (χ0n) is 10.0. The fourth-order valence-corrected chi connectivity index (χ4v) is 2.01.